The van der Waals surface area contributed by atoms with Crippen LogP contribution in [-0.2, 0) is 0 Å². The topological polar surface area (TPSA) is 140 Å². The summed E-state index contributed by atoms with van der Waals surface area (Å²) in [7, 11) is 1.42. The fraction of sp³-hybridized carbons (Fsp3) is 0.0476. The van der Waals surface area contributed by atoms with Crippen molar-refractivity contribution in [2.75, 3.05) is 7.11 Å². The molecule has 0 spiro atoms. The van der Waals surface area contributed by atoms with Crippen molar-refractivity contribution in [2.45, 2.75) is 0 Å². The Morgan fingerprint density at radius 3 is 2.69 bits per heavy atom. The standard InChI is InChI=1S/C21H14FN5O5/c1-31-19-9-14(3-6-18(19)32-20-7-4-15(12-24-20)27(29)30)11-25-26-21(28)16-5-2-13(10-23)8-17(16)22/h2-9,11-12H,1H3,(H,26,28)/b25-11-. The molecular formula is C21H14FN5O5. The number of nitrogens with zero attached hydrogens (tertiary/aromatic N) is 4. The number of hydrogen-bond donors (Lipinski definition) is 1. The lowest BCUT2D eigenvalue weighted by molar-refractivity contribution is -0.385. The molecule has 3 aromatic rings. The summed E-state index contributed by atoms with van der Waals surface area (Å²) in [6.45, 7) is 0. The van der Waals surface area contributed by atoms with E-state index in [1.54, 1.807) is 24.3 Å². The van der Waals surface area contributed by atoms with Crippen LogP contribution in [0.2, 0.25) is 0 Å². The number of methoxy groups -OCH3 is 1. The Balaban J connectivity index is 1.68. The van der Waals surface area contributed by atoms with Crippen LogP contribution < -0.4 is 14.9 Å². The maximum Gasteiger partial charge on any atom is 0.287 e. The zero-order valence-corrected chi connectivity index (χ0v) is 16.5. The molecule has 10 nitrogen and oxygen atoms in total. The van der Waals surface area contributed by atoms with Gasteiger partial charge in [-0.05, 0) is 42.0 Å². The maximum absolute atomic E-state index is 13.9. The third-order valence-corrected chi connectivity index (χ3v) is 4.06. The minimum Gasteiger partial charge on any atom is -0.493 e. The van der Waals surface area contributed by atoms with Crippen molar-refractivity contribution in [1.82, 2.24) is 10.4 Å². The molecule has 160 valence electrons. The van der Waals surface area contributed by atoms with E-state index in [1.807, 2.05) is 0 Å². The van der Waals surface area contributed by atoms with Gasteiger partial charge in [0.25, 0.3) is 11.6 Å². The predicted molar refractivity (Wildman–Crippen MR) is 110 cm³/mol. The average molecular weight is 435 g/mol. The molecule has 1 N–H and O–H groups in total. The SMILES string of the molecule is COc1cc(/C=N\NC(=O)c2ccc(C#N)cc2F)ccc1Oc1ccc([N+](=O)[O-])cn1. The lowest BCUT2D eigenvalue weighted by Crippen LogP contribution is -2.19. The predicted octanol–water partition coefficient (Wildman–Crippen LogP) is 3.57. The normalized spacial score (nSPS) is 10.4. The van der Waals surface area contributed by atoms with Crippen molar-refractivity contribution < 1.29 is 23.6 Å². The van der Waals surface area contributed by atoms with Gasteiger partial charge in [0.05, 0.1) is 35.4 Å². The smallest absolute Gasteiger partial charge is 0.287 e. The molecule has 0 aliphatic carbocycles. The number of rotatable bonds is 7. The van der Waals surface area contributed by atoms with E-state index in [2.05, 4.69) is 15.5 Å². The Hall–Kier alpha value is -4.85. The summed E-state index contributed by atoms with van der Waals surface area (Å²) in [6.07, 6.45) is 2.39. The molecule has 0 saturated carbocycles. The van der Waals surface area contributed by atoms with Crippen LogP contribution in [0.25, 0.3) is 0 Å². The number of carbonyl (C=O) groups excluding carboxylic acids is 1. The number of aromatic nitrogens is 1. The lowest BCUT2D eigenvalue weighted by atomic mass is 10.1. The van der Waals surface area contributed by atoms with Crippen LogP contribution in [0.4, 0.5) is 10.1 Å². The van der Waals surface area contributed by atoms with Crippen LogP contribution in [0, 0.1) is 27.3 Å². The second-order valence-electron chi connectivity index (χ2n) is 6.13. The first-order valence-electron chi connectivity index (χ1n) is 8.90. The van der Waals surface area contributed by atoms with Gasteiger partial charge in [-0.15, -0.1) is 0 Å². The first kappa shape index (κ1) is 21.8. The molecule has 3 rings (SSSR count). The van der Waals surface area contributed by atoms with E-state index in [-0.39, 0.29) is 22.7 Å². The Labute approximate surface area is 180 Å². The average Bonchev–Trinajstić information content (AvgIpc) is 2.80. The number of halogens is 1. The minimum absolute atomic E-state index is 0.0980. The number of pyridine rings is 1. The molecule has 0 atom stereocenters. The van der Waals surface area contributed by atoms with Crippen LogP contribution in [0.5, 0.6) is 17.4 Å². The van der Waals surface area contributed by atoms with Gasteiger partial charge in [-0.25, -0.2) is 14.8 Å². The van der Waals surface area contributed by atoms with Gasteiger partial charge in [-0.1, -0.05) is 0 Å². The number of hydrogen-bond acceptors (Lipinski definition) is 8. The summed E-state index contributed by atoms with van der Waals surface area (Å²) in [5.41, 5.74) is 2.41. The minimum atomic E-state index is -0.834. The second kappa shape index (κ2) is 9.77. The molecule has 1 amide bonds. The molecule has 1 aromatic heterocycles. The molecule has 0 unspecified atom stereocenters. The van der Waals surface area contributed by atoms with Crippen molar-refractivity contribution in [3.63, 3.8) is 0 Å². The van der Waals surface area contributed by atoms with Gasteiger partial charge >= 0.3 is 0 Å². The molecular weight excluding hydrogens is 421 g/mol. The van der Waals surface area contributed by atoms with Crippen LogP contribution in [0.1, 0.15) is 21.5 Å². The number of nitriles is 1. The fourth-order valence-corrected chi connectivity index (χ4v) is 2.50. The Morgan fingerprint density at radius 1 is 1.25 bits per heavy atom. The molecule has 11 heteroatoms. The Morgan fingerprint density at radius 2 is 2.06 bits per heavy atom. The highest BCUT2D eigenvalue weighted by Crippen LogP contribution is 2.31. The van der Waals surface area contributed by atoms with E-state index >= 15 is 0 Å². The summed E-state index contributed by atoms with van der Waals surface area (Å²) in [5.74, 6) is -0.862. The number of benzene rings is 2. The highest BCUT2D eigenvalue weighted by molar-refractivity contribution is 5.95. The first-order chi connectivity index (χ1) is 15.4. The van der Waals surface area contributed by atoms with Crippen molar-refractivity contribution in [3.8, 4) is 23.4 Å². The Bertz CT molecular complexity index is 1240. The fourth-order valence-electron chi connectivity index (χ4n) is 2.50. The monoisotopic (exact) mass is 435 g/mol. The third kappa shape index (κ3) is 5.19. The molecule has 0 aliphatic rings. The van der Waals surface area contributed by atoms with Crippen molar-refractivity contribution in [1.29, 1.82) is 5.26 Å². The van der Waals surface area contributed by atoms with Gasteiger partial charge in [0, 0.05) is 12.1 Å². The molecule has 0 bridgehead atoms. The quantitative estimate of drug-likeness (QED) is 0.340. The lowest BCUT2D eigenvalue weighted by Gasteiger charge is -2.10. The molecule has 32 heavy (non-hydrogen) atoms. The number of carbonyl (C=O) groups is 1. The van der Waals surface area contributed by atoms with Gasteiger partial charge in [0.2, 0.25) is 5.88 Å². The van der Waals surface area contributed by atoms with Crippen LogP contribution >= 0.6 is 0 Å². The molecule has 0 radical (unpaired) electrons. The van der Waals surface area contributed by atoms with Gasteiger partial charge in [-0.3, -0.25) is 14.9 Å². The molecule has 0 aliphatic heterocycles. The Kier molecular flexibility index (Phi) is 6.67. The molecule has 0 fully saturated rings. The van der Waals surface area contributed by atoms with E-state index in [9.17, 15) is 19.3 Å². The van der Waals surface area contributed by atoms with Crippen molar-refractivity contribution in [3.05, 3.63) is 87.3 Å². The zero-order chi connectivity index (χ0) is 23.1. The number of nitrogens with one attached hydrogen (secondary N) is 1. The summed E-state index contributed by atoms with van der Waals surface area (Å²) < 4.78 is 24.7. The number of nitro groups is 1. The van der Waals surface area contributed by atoms with E-state index in [0.717, 1.165) is 12.3 Å². The number of ether oxygens (including phenoxy) is 2. The third-order valence-electron chi connectivity index (χ3n) is 4.06. The van der Waals surface area contributed by atoms with Gasteiger partial charge in [-0.2, -0.15) is 10.4 Å². The van der Waals surface area contributed by atoms with Crippen LogP contribution in [0.15, 0.2) is 59.8 Å². The van der Waals surface area contributed by atoms with Gasteiger partial charge < -0.3 is 9.47 Å². The summed E-state index contributed by atoms with van der Waals surface area (Å²) in [4.78, 5) is 26.1. The zero-order valence-electron chi connectivity index (χ0n) is 16.5. The van der Waals surface area contributed by atoms with Crippen LogP contribution in [0.3, 0.4) is 0 Å². The summed E-state index contributed by atoms with van der Waals surface area (Å²) >= 11 is 0. The van der Waals surface area contributed by atoms with Crippen molar-refractivity contribution >= 4 is 17.8 Å². The molecule has 0 saturated heterocycles. The summed E-state index contributed by atoms with van der Waals surface area (Å²) in [6, 6.07) is 12.6. The summed E-state index contributed by atoms with van der Waals surface area (Å²) in [5, 5.41) is 23.2. The maximum atomic E-state index is 13.9. The van der Waals surface area contributed by atoms with E-state index in [0.29, 0.717) is 17.1 Å². The number of hydrazone groups is 1. The van der Waals surface area contributed by atoms with Crippen molar-refractivity contribution in [2.24, 2.45) is 5.10 Å². The van der Waals surface area contributed by atoms with E-state index < -0.39 is 16.6 Å². The van der Waals surface area contributed by atoms with Gasteiger partial charge in [0.1, 0.15) is 12.0 Å². The highest BCUT2D eigenvalue weighted by atomic mass is 19.1. The van der Waals surface area contributed by atoms with E-state index in [1.165, 1.54) is 37.6 Å². The van der Waals surface area contributed by atoms with Gasteiger partial charge in [0.15, 0.2) is 11.5 Å². The molecule has 1 heterocycles. The largest absolute Gasteiger partial charge is 0.493 e. The molecule has 2 aromatic carbocycles. The second-order valence-corrected chi connectivity index (χ2v) is 6.13. The first-order valence-corrected chi connectivity index (χ1v) is 8.90. The van der Waals surface area contributed by atoms with E-state index in [4.69, 9.17) is 14.7 Å². The van der Waals surface area contributed by atoms with Crippen LogP contribution in [-0.4, -0.2) is 29.1 Å². The highest BCUT2D eigenvalue weighted by Gasteiger charge is 2.12. The number of amides is 1.